The average molecular weight is 1210 g/mol. The predicted octanol–water partition coefficient (Wildman–Crippen LogP) is 23.2. The first-order valence-corrected chi connectivity index (χ1v) is 37.5. The first-order chi connectivity index (χ1) is 43.5. The highest BCUT2D eigenvalue weighted by Gasteiger charge is 2.28. The molecule has 0 atom stereocenters. The van der Waals surface area contributed by atoms with Crippen LogP contribution in [-0.4, -0.2) is 16.1 Å². The minimum absolute atomic E-state index is 0.0483. The molecule has 0 saturated carbocycles. The number of rotatable bonds is 14. The van der Waals surface area contributed by atoms with Crippen LogP contribution in [0.4, 0.5) is 51.7 Å². The summed E-state index contributed by atoms with van der Waals surface area (Å²) in [6.45, 7) is 13.7. The van der Waals surface area contributed by atoms with E-state index in [9.17, 15) is 0 Å². The highest BCUT2D eigenvalue weighted by atomic mass is 28.3. The highest BCUT2D eigenvalue weighted by Crippen LogP contribution is 2.50. The minimum atomic E-state index is -1.79. The van der Waals surface area contributed by atoms with E-state index in [2.05, 4.69) is 99.9 Å². The molecule has 0 radical (unpaired) electrons. The molecule has 2 nitrogen and oxygen atoms in total. The summed E-state index contributed by atoms with van der Waals surface area (Å²) < 4.78 is 71.0. The second-order valence-electron chi connectivity index (χ2n) is 25.5. The molecule has 0 amide bonds. The number of hydrogen-bond acceptors (Lipinski definition) is 2. The van der Waals surface area contributed by atoms with Crippen LogP contribution in [0.1, 0.15) is 0 Å². The summed E-state index contributed by atoms with van der Waals surface area (Å²) in [5, 5.41) is 7.67. The molecule has 0 aliphatic rings. The molecular weight excluding hydrogens is 1150 g/mol. The van der Waals surface area contributed by atoms with E-state index >= 15 is 17.6 Å². The third kappa shape index (κ3) is 10.9. The molecule has 0 aliphatic carbocycles. The molecule has 0 saturated heterocycles. The smallest absolute Gasteiger partial charge is 0.148 e. The van der Waals surface area contributed by atoms with Gasteiger partial charge in [-0.25, -0.2) is 17.6 Å². The molecule has 0 fully saturated rings. The van der Waals surface area contributed by atoms with Gasteiger partial charge in [0, 0.05) is 45.4 Å². The van der Waals surface area contributed by atoms with E-state index in [0.717, 1.165) is 76.8 Å². The standard InChI is InChI=1S/C82H64F4N2Si2/c1-89(2,3)67-35-31-65(32-36-67)87(79-51-73(83)71(49-75(79)85)63-45-59(53-19-11-7-12-20-53)43-60(46-63)54-21-13-8-14-22-54)77-41-29-57-28-40-70-78(42-30-58-27-39-69(77)81(57)82(58)70)88(66-33-37-68(38-34-66)90(4,5)6)80-52-74(84)72(50-76(80)86)64-47-61(55-23-15-9-16-24-55)44-62(48-64)56-25-17-10-18-26-56/h7-52H,1-6H3. The Balaban J connectivity index is 0.940. The van der Waals surface area contributed by atoms with Crippen LogP contribution in [0.5, 0.6) is 0 Å². The maximum absolute atomic E-state index is 17.9. The summed E-state index contributed by atoms with van der Waals surface area (Å²) in [5.41, 5.74) is 11.5. The zero-order chi connectivity index (χ0) is 62.0. The number of halogens is 4. The molecule has 438 valence electrons. The molecule has 14 rings (SSSR count). The van der Waals surface area contributed by atoms with Crippen LogP contribution in [0.15, 0.2) is 279 Å². The Kier molecular flexibility index (Phi) is 14.8. The van der Waals surface area contributed by atoms with Crippen LogP contribution in [0, 0.1) is 23.3 Å². The molecule has 0 aliphatic heterocycles. The number of benzene rings is 14. The van der Waals surface area contributed by atoms with E-state index in [1.165, 1.54) is 34.6 Å². The molecule has 0 N–H and O–H groups in total. The number of anilines is 6. The molecule has 0 heterocycles. The van der Waals surface area contributed by atoms with Crippen molar-refractivity contribution in [1.82, 2.24) is 0 Å². The molecule has 8 heteroatoms. The van der Waals surface area contributed by atoms with Crippen molar-refractivity contribution in [3.8, 4) is 66.8 Å². The maximum Gasteiger partial charge on any atom is 0.148 e. The van der Waals surface area contributed by atoms with E-state index in [-0.39, 0.29) is 22.5 Å². The van der Waals surface area contributed by atoms with Crippen molar-refractivity contribution in [2.75, 3.05) is 9.80 Å². The van der Waals surface area contributed by atoms with Gasteiger partial charge < -0.3 is 9.80 Å². The molecule has 0 spiro atoms. The lowest BCUT2D eigenvalue weighted by molar-refractivity contribution is 0.604. The fraction of sp³-hybridized carbons (Fsp3) is 0.0732. The van der Waals surface area contributed by atoms with Crippen molar-refractivity contribution in [3.63, 3.8) is 0 Å². The van der Waals surface area contributed by atoms with Crippen LogP contribution >= 0.6 is 0 Å². The van der Waals surface area contributed by atoms with Gasteiger partial charge in [0.15, 0.2) is 0 Å². The third-order valence-corrected chi connectivity index (χ3v) is 21.7. The second kappa shape index (κ2) is 23.1. The molecule has 0 unspecified atom stereocenters. The van der Waals surface area contributed by atoms with Crippen molar-refractivity contribution < 1.29 is 17.6 Å². The van der Waals surface area contributed by atoms with E-state index in [1.807, 2.05) is 204 Å². The molecular formula is C82H64F4N2Si2. The summed E-state index contributed by atoms with van der Waals surface area (Å²) in [6.07, 6.45) is 0. The monoisotopic (exact) mass is 1210 g/mol. The summed E-state index contributed by atoms with van der Waals surface area (Å²) in [4.78, 5) is 3.67. The Hall–Kier alpha value is -10.1. The van der Waals surface area contributed by atoms with Crippen LogP contribution in [0.25, 0.3) is 99.1 Å². The predicted molar refractivity (Wildman–Crippen MR) is 378 cm³/mol. The zero-order valence-electron chi connectivity index (χ0n) is 51.0. The largest absolute Gasteiger partial charge is 0.307 e. The normalized spacial score (nSPS) is 11.9. The van der Waals surface area contributed by atoms with Crippen molar-refractivity contribution >= 4 is 93.0 Å². The van der Waals surface area contributed by atoms with Gasteiger partial charge in [-0.15, -0.1) is 0 Å². The van der Waals surface area contributed by atoms with Gasteiger partial charge in [-0.1, -0.05) is 232 Å². The SMILES string of the molecule is C[Si](C)(C)c1ccc(N(c2cc(F)c(-c3cc(-c4ccccc4)cc(-c4ccccc4)c3)cc2F)c2ccc3ccc4c(N(c5ccc([Si](C)(C)C)cc5)c5cc(F)c(-c6cc(-c7ccccc7)cc(-c7ccccc7)c6)cc5F)ccc5ccc2c3c54)cc1. The summed E-state index contributed by atoms with van der Waals surface area (Å²) in [6, 6.07) is 89.8. The van der Waals surface area contributed by atoms with Gasteiger partial charge in [-0.3, -0.25) is 0 Å². The van der Waals surface area contributed by atoms with Crippen molar-refractivity contribution in [1.29, 1.82) is 0 Å². The van der Waals surface area contributed by atoms with Crippen molar-refractivity contribution in [3.05, 3.63) is 302 Å². The van der Waals surface area contributed by atoms with Gasteiger partial charge in [0.2, 0.25) is 0 Å². The second-order valence-corrected chi connectivity index (χ2v) is 35.6. The van der Waals surface area contributed by atoms with E-state index < -0.39 is 39.4 Å². The fourth-order valence-electron chi connectivity index (χ4n) is 12.8. The van der Waals surface area contributed by atoms with Crippen molar-refractivity contribution in [2.24, 2.45) is 0 Å². The fourth-order valence-corrected chi connectivity index (χ4v) is 15.1. The first kappa shape index (κ1) is 57.6. The van der Waals surface area contributed by atoms with Crippen molar-refractivity contribution in [2.45, 2.75) is 39.3 Å². The molecule has 0 bridgehead atoms. The van der Waals surface area contributed by atoms with Gasteiger partial charge in [0.25, 0.3) is 0 Å². The highest BCUT2D eigenvalue weighted by molar-refractivity contribution is 6.89. The quantitative estimate of drug-likeness (QED) is 0.0608. The number of hydrogen-bond donors (Lipinski definition) is 0. The van der Waals surface area contributed by atoms with E-state index in [4.69, 9.17) is 0 Å². The first-order valence-electron chi connectivity index (χ1n) is 30.5. The lowest BCUT2D eigenvalue weighted by Gasteiger charge is -2.30. The Bertz CT molecular complexity index is 4560. The van der Waals surface area contributed by atoms with Crippen LogP contribution in [0.2, 0.25) is 39.3 Å². The lowest BCUT2D eigenvalue weighted by Crippen LogP contribution is -2.37. The molecule has 14 aromatic rings. The topological polar surface area (TPSA) is 6.48 Å². The van der Waals surface area contributed by atoms with Crippen LogP contribution in [0.3, 0.4) is 0 Å². The zero-order valence-corrected chi connectivity index (χ0v) is 53.0. The van der Waals surface area contributed by atoms with E-state index in [0.29, 0.717) is 33.9 Å². The molecule has 14 aromatic carbocycles. The van der Waals surface area contributed by atoms with Gasteiger partial charge in [-0.2, -0.15) is 0 Å². The summed E-state index contributed by atoms with van der Waals surface area (Å²) in [5.74, 6) is -2.35. The number of nitrogens with zero attached hydrogens (tertiary/aromatic N) is 2. The van der Waals surface area contributed by atoms with Crippen LogP contribution < -0.4 is 20.2 Å². The van der Waals surface area contributed by atoms with Crippen LogP contribution in [-0.2, 0) is 0 Å². The van der Waals surface area contributed by atoms with Gasteiger partial charge in [-0.05, 0) is 162 Å². The lowest BCUT2D eigenvalue weighted by atomic mass is 9.91. The van der Waals surface area contributed by atoms with Gasteiger partial charge in [0.1, 0.15) is 23.3 Å². The minimum Gasteiger partial charge on any atom is -0.307 e. The summed E-state index contributed by atoms with van der Waals surface area (Å²) >= 11 is 0. The van der Waals surface area contributed by atoms with Gasteiger partial charge >= 0.3 is 0 Å². The third-order valence-electron chi connectivity index (χ3n) is 17.6. The maximum atomic E-state index is 17.9. The average Bonchev–Trinajstić information content (AvgIpc) is 0.785. The Labute approximate surface area is 525 Å². The van der Waals surface area contributed by atoms with Gasteiger partial charge in [0.05, 0.1) is 38.9 Å². The van der Waals surface area contributed by atoms with E-state index in [1.54, 1.807) is 0 Å². The molecule has 90 heavy (non-hydrogen) atoms. The summed E-state index contributed by atoms with van der Waals surface area (Å²) in [7, 11) is -3.58. The molecule has 0 aromatic heterocycles. The Morgan fingerprint density at radius 2 is 0.533 bits per heavy atom. The Morgan fingerprint density at radius 1 is 0.244 bits per heavy atom. The Morgan fingerprint density at radius 3 is 0.833 bits per heavy atom.